The Morgan fingerprint density at radius 2 is 1.83 bits per heavy atom. The molecular formula is C21H27NO2. The Morgan fingerprint density at radius 3 is 2.46 bits per heavy atom. The molecule has 0 spiro atoms. The first-order chi connectivity index (χ1) is 11.5. The summed E-state index contributed by atoms with van der Waals surface area (Å²) in [5.41, 5.74) is 4.39. The maximum atomic E-state index is 12.5. The fraction of sp³-hybridized carbons (Fsp3) is 0.381. The quantitative estimate of drug-likeness (QED) is 0.785. The molecule has 1 atom stereocenters. The van der Waals surface area contributed by atoms with Crippen molar-refractivity contribution in [1.82, 2.24) is 0 Å². The summed E-state index contributed by atoms with van der Waals surface area (Å²) in [6.45, 7) is 8.03. The molecule has 0 aromatic heterocycles. The van der Waals surface area contributed by atoms with Crippen molar-refractivity contribution in [2.24, 2.45) is 0 Å². The van der Waals surface area contributed by atoms with Gasteiger partial charge in [-0.1, -0.05) is 50.6 Å². The molecule has 1 unspecified atom stereocenters. The highest BCUT2D eigenvalue weighted by Crippen LogP contribution is 2.22. The van der Waals surface area contributed by atoms with Gasteiger partial charge in [-0.05, 0) is 55.5 Å². The van der Waals surface area contributed by atoms with E-state index in [4.69, 9.17) is 4.74 Å². The Morgan fingerprint density at radius 1 is 1.12 bits per heavy atom. The third-order valence-corrected chi connectivity index (χ3v) is 4.13. The Balaban J connectivity index is 2.02. The molecule has 0 heterocycles. The van der Waals surface area contributed by atoms with Crippen molar-refractivity contribution in [3.8, 4) is 5.75 Å². The molecule has 128 valence electrons. The van der Waals surface area contributed by atoms with Crippen LogP contribution in [0.5, 0.6) is 5.75 Å². The van der Waals surface area contributed by atoms with Crippen molar-refractivity contribution in [2.75, 3.05) is 5.32 Å². The van der Waals surface area contributed by atoms with Crippen molar-refractivity contribution in [3.05, 3.63) is 59.2 Å². The maximum absolute atomic E-state index is 12.5. The van der Waals surface area contributed by atoms with Gasteiger partial charge in [0.25, 0.3) is 5.91 Å². The first-order valence-electron chi connectivity index (χ1n) is 8.70. The third kappa shape index (κ3) is 4.60. The minimum atomic E-state index is -0.550. The largest absolute Gasteiger partial charge is 0.481 e. The van der Waals surface area contributed by atoms with Crippen LogP contribution in [0, 0.1) is 6.92 Å². The first-order valence-corrected chi connectivity index (χ1v) is 8.70. The van der Waals surface area contributed by atoms with E-state index in [0.29, 0.717) is 0 Å². The number of benzene rings is 2. The molecule has 0 saturated heterocycles. The van der Waals surface area contributed by atoms with Gasteiger partial charge in [-0.25, -0.2) is 0 Å². The molecule has 24 heavy (non-hydrogen) atoms. The zero-order chi connectivity index (χ0) is 17.5. The highest BCUT2D eigenvalue weighted by atomic mass is 16.5. The van der Waals surface area contributed by atoms with Crippen molar-refractivity contribution < 1.29 is 9.53 Å². The molecule has 1 amide bonds. The number of anilines is 1. The van der Waals surface area contributed by atoms with Gasteiger partial charge in [0, 0.05) is 5.69 Å². The van der Waals surface area contributed by atoms with Gasteiger partial charge in [0.15, 0.2) is 6.10 Å². The van der Waals surface area contributed by atoms with E-state index in [-0.39, 0.29) is 5.91 Å². The number of amides is 1. The fourth-order valence-corrected chi connectivity index (χ4v) is 2.71. The molecule has 3 nitrogen and oxygen atoms in total. The minimum Gasteiger partial charge on any atom is -0.481 e. The van der Waals surface area contributed by atoms with E-state index in [0.717, 1.165) is 41.8 Å². The van der Waals surface area contributed by atoms with Gasteiger partial charge in [0.05, 0.1) is 0 Å². The summed E-state index contributed by atoms with van der Waals surface area (Å²) in [6.07, 6.45) is 2.51. The van der Waals surface area contributed by atoms with Crippen LogP contribution in [0.2, 0.25) is 0 Å². The summed E-state index contributed by atoms with van der Waals surface area (Å²) < 4.78 is 5.78. The normalized spacial score (nSPS) is 11.8. The van der Waals surface area contributed by atoms with Crippen LogP contribution in [0.25, 0.3) is 0 Å². The Kier molecular flexibility index (Phi) is 6.42. The lowest BCUT2D eigenvalue weighted by molar-refractivity contribution is -0.122. The van der Waals surface area contributed by atoms with Gasteiger partial charge >= 0.3 is 0 Å². The van der Waals surface area contributed by atoms with Gasteiger partial charge < -0.3 is 10.1 Å². The zero-order valence-electron chi connectivity index (χ0n) is 15.1. The topological polar surface area (TPSA) is 38.3 Å². The number of carbonyl (C=O) groups is 1. The summed E-state index contributed by atoms with van der Waals surface area (Å²) in [4.78, 5) is 12.5. The molecule has 0 fully saturated rings. The average Bonchev–Trinajstić information content (AvgIpc) is 2.58. The van der Waals surface area contributed by atoms with E-state index in [1.54, 1.807) is 6.92 Å². The van der Waals surface area contributed by atoms with Crippen LogP contribution < -0.4 is 10.1 Å². The lowest BCUT2D eigenvalue weighted by Gasteiger charge is -2.18. The van der Waals surface area contributed by atoms with E-state index >= 15 is 0 Å². The van der Waals surface area contributed by atoms with Gasteiger partial charge in [-0.2, -0.15) is 0 Å². The van der Waals surface area contributed by atoms with Crippen molar-refractivity contribution in [2.45, 2.75) is 53.1 Å². The van der Waals surface area contributed by atoms with Crippen molar-refractivity contribution in [3.63, 3.8) is 0 Å². The number of carbonyl (C=O) groups excluding carboxylic acids is 1. The number of para-hydroxylation sites is 1. The van der Waals surface area contributed by atoms with Gasteiger partial charge in [0.2, 0.25) is 0 Å². The number of hydrogen-bond acceptors (Lipinski definition) is 2. The lowest BCUT2D eigenvalue weighted by Crippen LogP contribution is -2.30. The number of hydrogen-bond donors (Lipinski definition) is 1. The van der Waals surface area contributed by atoms with Crippen LogP contribution in [0.1, 0.15) is 43.9 Å². The monoisotopic (exact) mass is 325 g/mol. The maximum Gasteiger partial charge on any atom is 0.265 e. The SMILES string of the molecule is CCCc1ccc(OC(C)C(=O)Nc2c(C)cccc2CC)cc1. The van der Waals surface area contributed by atoms with Gasteiger partial charge in [-0.15, -0.1) is 0 Å². The van der Waals surface area contributed by atoms with Crippen LogP contribution in [-0.2, 0) is 17.6 Å². The van der Waals surface area contributed by atoms with E-state index < -0.39 is 6.10 Å². The molecule has 1 N–H and O–H groups in total. The van der Waals surface area contributed by atoms with E-state index in [9.17, 15) is 4.79 Å². The first kappa shape index (κ1) is 18.1. The molecule has 0 bridgehead atoms. The summed E-state index contributed by atoms with van der Waals surface area (Å²) >= 11 is 0. The third-order valence-electron chi connectivity index (χ3n) is 4.13. The van der Waals surface area contributed by atoms with Crippen LogP contribution in [0.4, 0.5) is 5.69 Å². The molecule has 0 saturated carbocycles. The van der Waals surface area contributed by atoms with Crippen molar-refractivity contribution in [1.29, 1.82) is 0 Å². The van der Waals surface area contributed by atoms with E-state index in [1.807, 2.05) is 37.3 Å². The molecular weight excluding hydrogens is 298 g/mol. The lowest BCUT2D eigenvalue weighted by atomic mass is 10.1. The van der Waals surface area contributed by atoms with Gasteiger partial charge in [0.1, 0.15) is 5.75 Å². The molecule has 0 radical (unpaired) electrons. The second-order valence-corrected chi connectivity index (χ2v) is 6.11. The number of rotatable bonds is 7. The van der Waals surface area contributed by atoms with Gasteiger partial charge in [-0.3, -0.25) is 4.79 Å². The highest BCUT2D eigenvalue weighted by molar-refractivity contribution is 5.95. The zero-order valence-corrected chi connectivity index (χ0v) is 15.1. The van der Waals surface area contributed by atoms with E-state index in [1.165, 1.54) is 5.56 Å². The molecule has 0 aliphatic carbocycles. The molecule has 0 aliphatic rings. The predicted molar refractivity (Wildman–Crippen MR) is 99.7 cm³/mol. The number of ether oxygens (including phenoxy) is 1. The summed E-state index contributed by atoms with van der Waals surface area (Å²) in [7, 11) is 0. The molecule has 2 aromatic carbocycles. The Hall–Kier alpha value is -2.29. The molecule has 2 rings (SSSR count). The fourth-order valence-electron chi connectivity index (χ4n) is 2.71. The smallest absolute Gasteiger partial charge is 0.265 e. The van der Waals surface area contributed by atoms with Crippen LogP contribution in [-0.4, -0.2) is 12.0 Å². The Bertz CT molecular complexity index is 677. The second kappa shape index (κ2) is 8.53. The van der Waals surface area contributed by atoms with Crippen LogP contribution in [0.3, 0.4) is 0 Å². The van der Waals surface area contributed by atoms with E-state index in [2.05, 4.69) is 31.3 Å². The molecule has 2 aromatic rings. The molecule has 3 heteroatoms. The highest BCUT2D eigenvalue weighted by Gasteiger charge is 2.17. The predicted octanol–water partition coefficient (Wildman–Crippen LogP) is 4.92. The number of nitrogens with one attached hydrogen (secondary N) is 1. The van der Waals surface area contributed by atoms with Crippen LogP contribution >= 0.6 is 0 Å². The summed E-state index contributed by atoms with van der Waals surface area (Å²) in [5.74, 6) is 0.592. The summed E-state index contributed by atoms with van der Waals surface area (Å²) in [6, 6.07) is 14.0. The summed E-state index contributed by atoms with van der Waals surface area (Å²) in [5, 5.41) is 3.02. The number of aryl methyl sites for hydroxylation is 3. The Labute approximate surface area is 145 Å². The van der Waals surface area contributed by atoms with Crippen LogP contribution in [0.15, 0.2) is 42.5 Å². The standard InChI is InChI=1S/C21H27NO2/c1-5-8-17-11-13-19(14-12-17)24-16(4)21(23)22-20-15(3)9-7-10-18(20)6-2/h7,9-14,16H,5-6,8H2,1-4H3,(H,22,23). The molecule has 0 aliphatic heterocycles. The minimum absolute atomic E-state index is 0.128. The second-order valence-electron chi connectivity index (χ2n) is 6.11. The van der Waals surface area contributed by atoms with Crippen molar-refractivity contribution >= 4 is 11.6 Å². The average molecular weight is 325 g/mol.